The Morgan fingerprint density at radius 3 is 3.00 bits per heavy atom. The number of alkyl halides is 1. The third-order valence-electron chi connectivity index (χ3n) is 1.46. The van der Waals surface area contributed by atoms with E-state index < -0.39 is 0 Å². The molecule has 1 nitrogen and oxygen atoms in total. The van der Waals surface area contributed by atoms with Crippen molar-refractivity contribution in [3.05, 3.63) is 0 Å². The van der Waals surface area contributed by atoms with Crippen LogP contribution in [0, 0.1) is 5.92 Å². The SMILES string of the molecule is O=C1SCCCC1CBr. The van der Waals surface area contributed by atoms with E-state index in [-0.39, 0.29) is 0 Å². The average molecular weight is 209 g/mol. The smallest absolute Gasteiger partial charge is 0.192 e. The minimum atomic E-state index is 0.295. The van der Waals surface area contributed by atoms with Gasteiger partial charge in [0.25, 0.3) is 0 Å². The van der Waals surface area contributed by atoms with Crippen molar-refractivity contribution in [3.8, 4) is 0 Å². The third kappa shape index (κ3) is 1.97. The summed E-state index contributed by atoms with van der Waals surface area (Å²) in [6.45, 7) is 0. The summed E-state index contributed by atoms with van der Waals surface area (Å²) in [6, 6.07) is 0. The van der Waals surface area contributed by atoms with Gasteiger partial charge in [-0.25, -0.2) is 0 Å². The molecule has 9 heavy (non-hydrogen) atoms. The molecule has 0 spiro atoms. The molecule has 0 amide bonds. The molecule has 52 valence electrons. The Hall–Kier alpha value is 0.500. The fourth-order valence-corrected chi connectivity index (χ4v) is 2.66. The molecule has 1 saturated heterocycles. The molecule has 0 aromatic carbocycles. The molecule has 3 heteroatoms. The van der Waals surface area contributed by atoms with Crippen molar-refractivity contribution in [3.63, 3.8) is 0 Å². The van der Waals surface area contributed by atoms with Gasteiger partial charge in [-0.3, -0.25) is 4.79 Å². The van der Waals surface area contributed by atoms with E-state index in [1.54, 1.807) is 0 Å². The Balaban J connectivity index is 2.39. The van der Waals surface area contributed by atoms with Gasteiger partial charge >= 0.3 is 0 Å². The number of halogens is 1. The number of hydrogen-bond acceptors (Lipinski definition) is 2. The molecule has 0 radical (unpaired) electrons. The molecular weight excluding hydrogens is 200 g/mol. The van der Waals surface area contributed by atoms with Crippen LogP contribution in [0.2, 0.25) is 0 Å². The first-order chi connectivity index (χ1) is 4.34. The van der Waals surface area contributed by atoms with E-state index in [0.717, 1.165) is 17.5 Å². The maximum absolute atomic E-state index is 11.0. The highest BCUT2D eigenvalue weighted by Gasteiger charge is 2.20. The van der Waals surface area contributed by atoms with Crippen LogP contribution in [0.1, 0.15) is 12.8 Å². The minimum absolute atomic E-state index is 0.295. The second-order valence-corrected chi connectivity index (χ2v) is 3.91. The fourth-order valence-electron chi connectivity index (χ4n) is 0.878. The normalized spacial score (nSPS) is 28.6. The van der Waals surface area contributed by atoms with Crippen LogP contribution < -0.4 is 0 Å². The van der Waals surface area contributed by atoms with Crippen molar-refractivity contribution >= 4 is 32.8 Å². The Kier molecular flexibility index (Phi) is 3.06. The van der Waals surface area contributed by atoms with E-state index in [2.05, 4.69) is 15.9 Å². The van der Waals surface area contributed by atoms with Crippen LogP contribution in [0.5, 0.6) is 0 Å². The zero-order valence-corrected chi connectivity index (χ0v) is 7.50. The van der Waals surface area contributed by atoms with Crippen LogP contribution >= 0.6 is 27.7 Å². The molecule has 0 aromatic rings. The summed E-state index contributed by atoms with van der Waals surface area (Å²) in [5, 5.41) is 1.22. The lowest BCUT2D eigenvalue weighted by atomic mass is 10.1. The van der Waals surface area contributed by atoms with E-state index in [1.165, 1.54) is 18.2 Å². The number of hydrogen-bond donors (Lipinski definition) is 0. The molecule has 1 fully saturated rings. The lowest BCUT2D eigenvalue weighted by Gasteiger charge is -2.16. The Morgan fingerprint density at radius 2 is 2.56 bits per heavy atom. The number of thioether (sulfide) groups is 1. The molecule has 0 N–H and O–H groups in total. The highest BCUT2D eigenvalue weighted by Crippen LogP contribution is 2.25. The lowest BCUT2D eigenvalue weighted by Crippen LogP contribution is -2.17. The number of rotatable bonds is 1. The standard InChI is InChI=1S/C6H9BrOS/c7-4-5-2-1-3-9-6(5)8/h5H,1-4H2. The van der Waals surface area contributed by atoms with Gasteiger partial charge in [-0.1, -0.05) is 27.7 Å². The molecule has 1 rings (SSSR count). The Morgan fingerprint density at radius 1 is 1.78 bits per heavy atom. The van der Waals surface area contributed by atoms with Gasteiger partial charge in [0.15, 0.2) is 5.12 Å². The van der Waals surface area contributed by atoms with Crippen LogP contribution in [0.15, 0.2) is 0 Å². The van der Waals surface area contributed by atoms with Gasteiger partial charge in [-0.05, 0) is 12.8 Å². The molecule has 0 aliphatic carbocycles. The van der Waals surface area contributed by atoms with Gasteiger partial charge in [0, 0.05) is 17.0 Å². The molecule has 0 aromatic heterocycles. The highest BCUT2D eigenvalue weighted by molar-refractivity contribution is 9.09. The van der Waals surface area contributed by atoms with Gasteiger partial charge in [0.05, 0.1) is 0 Å². The summed E-state index contributed by atoms with van der Waals surface area (Å²) >= 11 is 4.80. The van der Waals surface area contributed by atoms with E-state index in [4.69, 9.17) is 0 Å². The lowest BCUT2D eigenvalue weighted by molar-refractivity contribution is -0.114. The van der Waals surface area contributed by atoms with Crippen molar-refractivity contribution in [1.29, 1.82) is 0 Å². The fraction of sp³-hybridized carbons (Fsp3) is 0.833. The topological polar surface area (TPSA) is 17.1 Å². The highest BCUT2D eigenvalue weighted by atomic mass is 79.9. The minimum Gasteiger partial charge on any atom is -0.287 e. The first-order valence-electron chi connectivity index (χ1n) is 3.07. The Bertz CT molecular complexity index is 116. The largest absolute Gasteiger partial charge is 0.287 e. The van der Waals surface area contributed by atoms with Crippen molar-refractivity contribution in [2.45, 2.75) is 12.8 Å². The summed E-state index contributed by atoms with van der Waals surface area (Å²) in [5.74, 6) is 1.33. The van der Waals surface area contributed by atoms with Gasteiger partial charge in [0.1, 0.15) is 0 Å². The zero-order valence-electron chi connectivity index (χ0n) is 5.10. The van der Waals surface area contributed by atoms with Crippen LogP contribution in [-0.2, 0) is 4.79 Å². The third-order valence-corrected chi connectivity index (χ3v) is 3.35. The summed E-state index contributed by atoms with van der Waals surface area (Å²) in [7, 11) is 0. The van der Waals surface area contributed by atoms with Crippen LogP contribution in [0.25, 0.3) is 0 Å². The predicted molar refractivity (Wildman–Crippen MR) is 44.0 cm³/mol. The first-order valence-corrected chi connectivity index (χ1v) is 5.18. The molecule has 1 atom stereocenters. The van der Waals surface area contributed by atoms with Crippen molar-refractivity contribution in [1.82, 2.24) is 0 Å². The van der Waals surface area contributed by atoms with Gasteiger partial charge in [-0.2, -0.15) is 0 Å². The van der Waals surface area contributed by atoms with Crippen molar-refractivity contribution in [2.24, 2.45) is 5.92 Å². The van der Waals surface area contributed by atoms with Crippen molar-refractivity contribution in [2.75, 3.05) is 11.1 Å². The van der Waals surface area contributed by atoms with Gasteiger partial charge < -0.3 is 0 Å². The summed E-state index contributed by atoms with van der Waals surface area (Å²) in [5.41, 5.74) is 0. The number of carbonyl (C=O) groups excluding carboxylic acids is 1. The number of carbonyl (C=O) groups is 1. The predicted octanol–water partition coefficient (Wildman–Crippen LogP) is 2.05. The second-order valence-electron chi connectivity index (χ2n) is 2.16. The molecule has 0 bridgehead atoms. The summed E-state index contributed by atoms with van der Waals surface area (Å²) < 4.78 is 0. The maximum Gasteiger partial charge on any atom is 0.192 e. The Labute approximate surface area is 67.7 Å². The van der Waals surface area contributed by atoms with Crippen LogP contribution in [-0.4, -0.2) is 16.2 Å². The van der Waals surface area contributed by atoms with Gasteiger partial charge in [0.2, 0.25) is 0 Å². The molecule has 1 aliphatic rings. The zero-order chi connectivity index (χ0) is 6.69. The molecular formula is C6H9BrOS. The van der Waals surface area contributed by atoms with E-state index in [9.17, 15) is 4.79 Å². The van der Waals surface area contributed by atoms with E-state index in [1.807, 2.05) is 0 Å². The van der Waals surface area contributed by atoms with Crippen LogP contribution in [0.4, 0.5) is 0 Å². The summed E-state index contributed by atoms with van der Waals surface area (Å²) in [6.07, 6.45) is 2.28. The molecule has 1 heterocycles. The second kappa shape index (κ2) is 3.62. The molecule has 1 aliphatic heterocycles. The van der Waals surface area contributed by atoms with E-state index in [0.29, 0.717) is 11.0 Å². The van der Waals surface area contributed by atoms with Crippen LogP contribution in [0.3, 0.4) is 0 Å². The average Bonchev–Trinajstić information content (AvgIpc) is 1.89. The quantitative estimate of drug-likeness (QED) is 0.615. The molecule has 1 unspecified atom stereocenters. The first kappa shape index (κ1) is 7.61. The maximum atomic E-state index is 11.0. The van der Waals surface area contributed by atoms with Gasteiger partial charge in [-0.15, -0.1) is 0 Å². The van der Waals surface area contributed by atoms with Crippen molar-refractivity contribution < 1.29 is 4.79 Å². The monoisotopic (exact) mass is 208 g/mol. The van der Waals surface area contributed by atoms with E-state index >= 15 is 0 Å². The summed E-state index contributed by atoms with van der Waals surface area (Å²) in [4.78, 5) is 11.0. The molecule has 0 saturated carbocycles.